The second-order valence-corrected chi connectivity index (χ2v) is 4.65. The van der Waals surface area contributed by atoms with Crippen molar-refractivity contribution in [2.45, 2.75) is 26.2 Å². The van der Waals surface area contributed by atoms with Gasteiger partial charge in [-0.05, 0) is 18.6 Å². The number of nitrogens with zero attached hydrogens (tertiary/aromatic N) is 2. The maximum Gasteiger partial charge on any atom is 0.256 e. The van der Waals surface area contributed by atoms with E-state index in [4.69, 9.17) is 23.2 Å². The van der Waals surface area contributed by atoms with Gasteiger partial charge in [-0.25, -0.2) is 4.98 Å². The minimum atomic E-state index is -0.115. The van der Waals surface area contributed by atoms with E-state index in [1.54, 1.807) is 24.1 Å². The number of rotatable bonds is 5. The molecule has 1 heterocycles. The maximum atomic E-state index is 12.0. The van der Waals surface area contributed by atoms with Gasteiger partial charge in [0.1, 0.15) is 10.3 Å². The number of aromatic nitrogens is 1. The minimum Gasteiger partial charge on any atom is -0.342 e. The van der Waals surface area contributed by atoms with Gasteiger partial charge in [0, 0.05) is 13.6 Å². The van der Waals surface area contributed by atoms with E-state index >= 15 is 0 Å². The third kappa shape index (κ3) is 4.17. The van der Waals surface area contributed by atoms with Gasteiger partial charge in [-0.1, -0.05) is 43.0 Å². The first kappa shape index (κ1) is 14.3. The van der Waals surface area contributed by atoms with Gasteiger partial charge < -0.3 is 4.90 Å². The molecule has 0 spiro atoms. The molecule has 1 amide bonds. The van der Waals surface area contributed by atoms with Gasteiger partial charge in [-0.2, -0.15) is 0 Å². The topological polar surface area (TPSA) is 33.2 Å². The molecular weight excluding hydrogens is 259 g/mol. The van der Waals surface area contributed by atoms with Crippen molar-refractivity contribution in [1.29, 1.82) is 0 Å². The lowest BCUT2D eigenvalue weighted by molar-refractivity contribution is 0.0792. The summed E-state index contributed by atoms with van der Waals surface area (Å²) in [5.41, 5.74) is 0.398. The Morgan fingerprint density at radius 2 is 2.06 bits per heavy atom. The van der Waals surface area contributed by atoms with Crippen molar-refractivity contribution in [3.8, 4) is 0 Å². The van der Waals surface area contributed by atoms with Gasteiger partial charge in [-0.15, -0.1) is 0 Å². The van der Waals surface area contributed by atoms with Crippen LogP contribution in [-0.2, 0) is 0 Å². The first-order chi connectivity index (χ1) is 8.06. The number of pyridine rings is 1. The lowest BCUT2D eigenvalue weighted by atomic mass is 10.2. The van der Waals surface area contributed by atoms with Gasteiger partial charge in [0.2, 0.25) is 0 Å². The van der Waals surface area contributed by atoms with E-state index in [-0.39, 0.29) is 11.1 Å². The summed E-state index contributed by atoms with van der Waals surface area (Å²) in [6, 6.07) is 3.18. The third-order valence-corrected chi connectivity index (χ3v) is 2.99. The molecule has 0 N–H and O–H groups in total. The lowest BCUT2D eigenvalue weighted by Crippen LogP contribution is -2.28. The Labute approximate surface area is 112 Å². The van der Waals surface area contributed by atoms with Gasteiger partial charge in [0.05, 0.1) is 5.56 Å². The standard InChI is InChI=1S/C12H16Cl2N2O/c1-3-4-5-8-16(2)12(17)9-6-7-10(13)15-11(9)14/h6-7H,3-5,8H2,1-2H3. The fourth-order valence-electron chi connectivity index (χ4n) is 1.48. The van der Waals surface area contributed by atoms with Crippen molar-refractivity contribution in [2.75, 3.05) is 13.6 Å². The van der Waals surface area contributed by atoms with Crippen LogP contribution in [0, 0.1) is 0 Å². The van der Waals surface area contributed by atoms with Gasteiger partial charge in [0.25, 0.3) is 5.91 Å². The molecule has 0 radical (unpaired) electrons. The Hall–Kier alpha value is -0.800. The quantitative estimate of drug-likeness (QED) is 0.607. The van der Waals surface area contributed by atoms with Crippen LogP contribution in [-0.4, -0.2) is 29.4 Å². The highest BCUT2D eigenvalue weighted by Crippen LogP contribution is 2.18. The highest BCUT2D eigenvalue weighted by Gasteiger charge is 2.15. The van der Waals surface area contributed by atoms with E-state index in [2.05, 4.69) is 11.9 Å². The summed E-state index contributed by atoms with van der Waals surface area (Å²) in [4.78, 5) is 17.5. The molecule has 94 valence electrons. The molecular formula is C12H16Cl2N2O. The highest BCUT2D eigenvalue weighted by atomic mass is 35.5. The molecule has 3 nitrogen and oxygen atoms in total. The van der Waals surface area contributed by atoms with Crippen molar-refractivity contribution in [1.82, 2.24) is 9.88 Å². The molecule has 0 saturated carbocycles. The van der Waals surface area contributed by atoms with E-state index in [0.717, 1.165) is 25.8 Å². The molecule has 0 aliphatic rings. The van der Waals surface area contributed by atoms with E-state index in [0.29, 0.717) is 10.7 Å². The summed E-state index contributed by atoms with van der Waals surface area (Å²) >= 11 is 11.6. The third-order valence-electron chi connectivity index (χ3n) is 2.49. The highest BCUT2D eigenvalue weighted by molar-refractivity contribution is 6.34. The molecule has 5 heteroatoms. The van der Waals surface area contributed by atoms with Crippen LogP contribution >= 0.6 is 23.2 Å². The number of carbonyl (C=O) groups excluding carboxylic acids is 1. The Kier molecular flexibility index (Phi) is 5.72. The normalized spacial score (nSPS) is 10.4. The van der Waals surface area contributed by atoms with Crippen molar-refractivity contribution >= 4 is 29.1 Å². The summed E-state index contributed by atoms with van der Waals surface area (Å²) in [7, 11) is 1.77. The number of amides is 1. The number of carbonyl (C=O) groups is 1. The van der Waals surface area contributed by atoms with E-state index in [9.17, 15) is 4.79 Å². The maximum absolute atomic E-state index is 12.0. The predicted molar refractivity (Wildman–Crippen MR) is 70.7 cm³/mol. The molecule has 0 aliphatic carbocycles. The molecule has 1 aromatic heterocycles. The average Bonchev–Trinajstić information content (AvgIpc) is 2.28. The lowest BCUT2D eigenvalue weighted by Gasteiger charge is -2.17. The molecule has 1 rings (SSSR count). The summed E-state index contributed by atoms with van der Waals surface area (Å²) in [6.45, 7) is 2.85. The zero-order chi connectivity index (χ0) is 12.8. The molecule has 1 aromatic rings. The second-order valence-electron chi connectivity index (χ2n) is 3.91. The van der Waals surface area contributed by atoms with Crippen LogP contribution in [0.3, 0.4) is 0 Å². The monoisotopic (exact) mass is 274 g/mol. The number of hydrogen-bond donors (Lipinski definition) is 0. The van der Waals surface area contributed by atoms with Crippen molar-refractivity contribution < 1.29 is 4.79 Å². The number of halogens is 2. The minimum absolute atomic E-state index is 0.115. The van der Waals surface area contributed by atoms with E-state index in [1.165, 1.54) is 0 Å². The van der Waals surface area contributed by atoms with Crippen LogP contribution < -0.4 is 0 Å². The van der Waals surface area contributed by atoms with E-state index < -0.39 is 0 Å². The number of hydrogen-bond acceptors (Lipinski definition) is 2. The van der Waals surface area contributed by atoms with Crippen LogP contribution in [0.1, 0.15) is 36.5 Å². The van der Waals surface area contributed by atoms with Gasteiger partial charge in [-0.3, -0.25) is 4.79 Å². The summed E-state index contributed by atoms with van der Waals surface area (Å²) in [5.74, 6) is -0.115. The molecule has 0 fully saturated rings. The van der Waals surface area contributed by atoms with Crippen LogP contribution in [0.25, 0.3) is 0 Å². The molecule has 0 aromatic carbocycles. The Morgan fingerprint density at radius 3 is 2.65 bits per heavy atom. The fourth-order valence-corrected chi connectivity index (χ4v) is 1.90. The first-order valence-electron chi connectivity index (χ1n) is 5.63. The fraction of sp³-hybridized carbons (Fsp3) is 0.500. The summed E-state index contributed by atoms with van der Waals surface area (Å²) in [5, 5.41) is 0.449. The Morgan fingerprint density at radius 1 is 1.35 bits per heavy atom. The smallest absolute Gasteiger partial charge is 0.256 e. The van der Waals surface area contributed by atoms with Crippen LogP contribution in [0.2, 0.25) is 10.3 Å². The molecule has 0 saturated heterocycles. The van der Waals surface area contributed by atoms with E-state index in [1.807, 2.05) is 0 Å². The Balaban J connectivity index is 2.68. The Bertz CT molecular complexity index is 396. The predicted octanol–water partition coefficient (Wildman–Crippen LogP) is 3.65. The van der Waals surface area contributed by atoms with Gasteiger partial charge >= 0.3 is 0 Å². The van der Waals surface area contributed by atoms with Crippen LogP contribution in [0.5, 0.6) is 0 Å². The summed E-state index contributed by atoms with van der Waals surface area (Å²) < 4.78 is 0. The second kappa shape index (κ2) is 6.82. The first-order valence-corrected chi connectivity index (χ1v) is 6.39. The molecule has 17 heavy (non-hydrogen) atoms. The molecule has 0 atom stereocenters. The zero-order valence-corrected chi connectivity index (χ0v) is 11.6. The average molecular weight is 275 g/mol. The van der Waals surface area contributed by atoms with Crippen molar-refractivity contribution in [3.05, 3.63) is 28.0 Å². The van der Waals surface area contributed by atoms with Gasteiger partial charge in [0.15, 0.2) is 0 Å². The van der Waals surface area contributed by atoms with Crippen molar-refractivity contribution in [3.63, 3.8) is 0 Å². The largest absolute Gasteiger partial charge is 0.342 e. The molecule has 0 bridgehead atoms. The number of unbranched alkanes of at least 4 members (excludes halogenated alkanes) is 2. The zero-order valence-electron chi connectivity index (χ0n) is 10.0. The molecule has 0 unspecified atom stereocenters. The SMILES string of the molecule is CCCCCN(C)C(=O)c1ccc(Cl)nc1Cl. The van der Waals surface area contributed by atoms with Crippen LogP contribution in [0.15, 0.2) is 12.1 Å². The summed E-state index contributed by atoms with van der Waals surface area (Å²) in [6.07, 6.45) is 3.24. The van der Waals surface area contributed by atoms with Crippen molar-refractivity contribution in [2.24, 2.45) is 0 Å². The van der Waals surface area contributed by atoms with Crippen LogP contribution in [0.4, 0.5) is 0 Å². The molecule has 0 aliphatic heterocycles.